The van der Waals surface area contributed by atoms with Gasteiger partial charge in [-0.3, -0.25) is 14.7 Å². The lowest BCUT2D eigenvalue weighted by molar-refractivity contribution is 0.0738. The molecule has 20 heavy (non-hydrogen) atoms. The number of pyridine rings is 1. The second-order valence-electron chi connectivity index (χ2n) is 5.33. The average Bonchev–Trinajstić information content (AvgIpc) is 2.90. The normalized spacial score (nSPS) is 19.2. The summed E-state index contributed by atoms with van der Waals surface area (Å²) in [7, 11) is 5.54. The molecule has 0 spiro atoms. The molecule has 1 fully saturated rings. The van der Waals surface area contributed by atoms with Crippen LogP contribution in [0, 0.1) is 0 Å². The molecule has 5 nitrogen and oxygen atoms in total. The fourth-order valence-electron chi connectivity index (χ4n) is 2.63. The van der Waals surface area contributed by atoms with Gasteiger partial charge in [0.25, 0.3) is 5.91 Å². The van der Waals surface area contributed by atoms with E-state index >= 15 is 0 Å². The summed E-state index contributed by atoms with van der Waals surface area (Å²) in [4.78, 5) is 20.5. The Balaban J connectivity index is 2.11. The highest BCUT2D eigenvalue weighted by Gasteiger charge is 2.23. The quantitative estimate of drug-likeness (QED) is 0.819. The van der Waals surface area contributed by atoms with Crippen molar-refractivity contribution in [1.82, 2.24) is 14.8 Å². The molecule has 1 aliphatic rings. The van der Waals surface area contributed by atoms with Crippen LogP contribution in [0.15, 0.2) is 18.3 Å². The van der Waals surface area contributed by atoms with E-state index in [0.717, 1.165) is 13.0 Å². The third kappa shape index (κ3) is 3.35. The molecule has 1 aromatic heterocycles. The summed E-state index contributed by atoms with van der Waals surface area (Å²) in [6.45, 7) is 2.22. The maximum absolute atomic E-state index is 12.3. The molecule has 1 amide bonds. The zero-order chi connectivity index (χ0) is 14.5. The molecule has 0 aliphatic carbocycles. The summed E-state index contributed by atoms with van der Waals surface area (Å²) in [5.41, 5.74) is 1.70. The van der Waals surface area contributed by atoms with Gasteiger partial charge in [0.15, 0.2) is 0 Å². The van der Waals surface area contributed by atoms with Crippen LogP contribution in [0.4, 0.5) is 0 Å². The van der Waals surface area contributed by atoms with Crippen LogP contribution in [0.3, 0.4) is 0 Å². The van der Waals surface area contributed by atoms with Crippen LogP contribution >= 0.6 is 0 Å². The van der Waals surface area contributed by atoms with Crippen molar-refractivity contribution in [3.05, 3.63) is 29.6 Å². The van der Waals surface area contributed by atoms with E-state index in [0.29, 0.717) is 24.9 Å². The van der Waals surface area contributed by atoms with E-state index in [2.05, 4.69) is 16.9 Å². The first-order chi connectivity index (χ1) is 9.63. The highest BCUT2D eigenvalue weighted by Crippen LogP contribution is 2.30. The second-order valence-corrected chi connectivity index (χ2v) is 5.33. The molecule has 0 aromatic carbocycles. The molecule has 1 atom stereocenters. The Bertz CT molecular complexity index is 464. The number of hydrogen-bond acceptors (Lipinski definition) is 4. The number of amides is 1. The monoisotopic (exact) mass is 277 g/mol. The highest BCUT2D eigenvalue weighted by molar-refractivity contribution is 5.92. The van der Waals surface area contributed by atoms with Gasteiger partial charge >= 0.3 is 0 Å². The number of hydrogen-bond donors (Lipinski definition) is 0. The first-order valence-electron chi connectivity index (χ1n) is 7.04. The second kappa shape index (κ2) is 6.81. The summed E-state index contributed by atoms with van der Waals surface area (Å²) < 4.78 is 5.00. The smallest absolute Gasteiger partial charge is 0.272 e. The first kappa shape index (κ1) is 14.9. The van der Waals surface area contributed by atoms with E-state index in [1.54, 1.807) is 25.3 Å². The molecule has 1 saturated heterocycles. The van der Waals surface area contributed by atoms with Gasteiger partial charge in [-0.15, -0.1) is 0 Å². The molecule has 0 bridgehead atoms. The maximum Gasteiger partial charge on any atom is 0.272 e. The molecule has 110 valence electrons. The van der Waals surface area contributed by atoms with E-state index < -0.39 is 0 Å². The van der Waals surface area contributed by atoms with Crippen molar-refractivity contribution in [3.8, 4) is 0 Å². The minimum atomic E-state index is -0.0513. The first-order valence-corrected chi connectivity index (χ1v) is 7.04. The number of carbonyl (C=O) groups is 1. The molecule has 1 aliphatic heterocycles. The molecular formula is C15H23N3O2. The SMILES string of the molecule is COCCN(C)C(=O)c1cc(C2CCCN2C)ccn1. The minimum absolute atomic E-state index is 0.0513. The van der Waals surface area contributed by atoms with Crippen molar-refractivity contribution in [1.29, 1.82) is 0 Å². The summed E-state index contributed by atoms with van der Waals surface area (Å²) in [6.07, 6.45) is 4.09. The van der Waals surface area contributed by atoms with Gasteiger partial charge in [0.05, 0.1) is 6.61 Å². The number of methoxy groups -OCH3 is 1. The lowest BCUT2D eigenvalue weighted by Gasteiger charge is -2.21. The number of aromatic nitrogens is 1. The van der Waals surface area contributed by atoms with Crippen molar-refractivity contribution in [2.24, 2.45) is 0 Å². The van der Waals surface area contributed by atoms with Gasteiger partial charge in [0.1, 0.15) is 5.69 Å². The van der Waals surface area contributed by atoms with Gasteiger partial charge in [-0.2, -0.15) is 0 Å². The summed E-state index contributed by atoms with van der Waals surface area (Å²) >= 11 is 0. The molecule has 2 rings (SSSR count). The summed E-state index contributed by atoms with van der Waals surface area (Å²) in [6, 6.07) is 4.35. The predicted octanol–water partition coefficient (Wildman–Crippen LogP) is 1.57. The van der Waals surface area contributed by atoms with Crippen molar-refractivity contribution in [3.63, 3.8) is 0 Å². The molecule has 0 N–H and O–H groups in total. The molecule has 1 unspecified atom stereocenters. The number of carbonyl (C=O) groups excluding carboxylic acids is 1. The Hall–Kier alpha value is -1.46. The molecule has 0 radical (unpaired) electrons. The third-order valence-corrected chi connectivity index (χ3v) is 3.89. The fraction of sp³-hybridized carbons (Fsp3) is 0.600. The Morgan fingerprint density at radius 1 is 1.60 bits per heavy atom. The van der Waals surface area contributed by atoms with Crippen LogP contribution < -0.4 is 0 Å². The van der Waals surface area contributed by atoms with Crippen LogP contribution in [0.2, 0.25) is 0 Å². The molecule has 1 aromatic rings. The fourth-order valence-corrected chi connectivity index (χ4v) is 2.63. The lowest BCUT2D eigenvalue weighted by Crippen LogP contribution is -2.30. The van der Waals surface area contributed by atoms with E-state index in [9.17, 15) is 4.79 Å². The van der Waals surface area contributed by atoms with E-state index in [4.69, 9.17) is 4.74 Å². The largest absolute Gasteiger partial charge is 0.383 e. The highest BCUT2D eigenvalue weighted by atomic mass is 16.5. The van der Waals surface area contributed by atoms with Gasteiger partial charge in [-0.1, -0.05) is 0 Å². The van der Waals surface area contributed by atoms with Crippen molar-refractivity contribution in [2.45, 2.75) is 18.9 Å². The molecule has 0 saturated carbocycles. The number of nitrogens with zero attached hydrogens (tertiary/aromatic N) is 3. The Kier molecular flexibility index (Phi) is 5.09. The van der Waals surface area contributed by atoms with Crippen LogP contribution in [-0.2, 0) is 4.74 Å². The van der Waals surface area contributed by atoms with E-state index in [1.807, 2.05) is 12.1 Å². The topological polar surface area (TPSA) is 45.7 Å². The average molecular weight is 277 g/mol. The van der Waals surface area contributed by atoms with Crippen LogP contribution in [-0.4, -0.2) is 61.6 Å². The van der Waals surface area contributed by atoms with Crippen LogP contribution in [0.1, 0.15) is 34.9 Å². The maximum atomic E-state index is 12.3. The van der Waals surface area contributed by atoms with Crippen molar-refractivity contribution in [2.75, 3.05) is 40.9 Å². The van der Waals surface area contributed by atoms with Crippen LogP contribution in [0.5, 0.6) is 0 Å². The van der Waals surface area contributed by atoms with E-state index in [-0.39, 0.29) is 5.91 Å². The van der Waals surface area contributed by atoms with Gasteiger partial charge in [-0.05, 0) is 44.1 Å². The van der Waals surface area contributed by atoms with Crippen LogP contribution in [0.25, 0.3) is 0 Å². The van der Waals surface area contributed by atoms with Gasteiger partial charge in [0, 0.05) is 32.9 Å². The minimum Gasteiger partial charge on any atom is -0.383 e. The molecule has 2 heterocycles. The Morgan fingerprint density at radius 3 is 3.05 bits per heavy atom. The van der Waals surface area contributed by atoms with Crippen molar-refractivity contribution >= 4 is 5.91 Å². The van der Waals surface area contributed by atoms with Gasteiger partial charge in [-0.25, -0.2) is 0 Å². The predicted molar refractivity (Wildman–Crippen MR) is 77.7 cm³/mol. The van der Waals surface area contributed by atoms with Gasteiger partial charge in [0.2, 0.25) is 0 Å². The number of ether oxygens (including phenoxy) is 1. The van der Waals surface area contributed by atoms with E-state index in [1.165, 1.54) is 12.0 Å². The lowest BCUT2D eigenvalue weighted by atomic mass is 10.0. The summed E-state index contributed by atoms with van der Waals surface area (Å²) in [5, 5.41) is 0. The number of likely N-dealkylation sites (tertiary alicyclic amines) is 1. The zero-order valence-corrected chi connectivity index (χ0v) is 12.5. The Labute approximate surface area is 120 Å². The van der Waals surface area contributed by atoms with Gasteiger partial charge < -0.3 is 9.64 Å². The standard InChI is InChI=1S/C15H23N3O2/c1-17-8-4-5-14(17)12-6-7-16-13(11-12)15(19)18(2)9-10-20-3/h6-7,11,14H,4-5,8-10H2,1-3H3. The zero-order valence-electron chi connectivity index (χ0n) is 12.5. The summed E-state index contributed by atoms with van der Waals surface area (Å²) in [5.74, 6) is -0.0513. The molecule has 5 heteroatoms. The number of rotatable bonds is 5. The van der Waals surface area contributed by atoms with Crippen molar-refractivity contribution < 1.29 is 9.53 Å². The Morgan fingerprint density at radius 2 is 2.40 bits per heavy atom. The molecular weight excluding hydrogens is 254 g/mol. The number of likely N-dealkylation sites (N-methyl/N-ethyl adjacent to an activating group) is 1. The third-order valence-electron chi connectivity index (χ3n) is 3.89.